The van der Waals surface area contributed by atoms with Gasteiger partial charge in [-0.2, -0.15) is 5.10 Å². The molecule has 0 N–H and O–H groups in total. The second kappa shape index (κ2) is 7.38. The van der Waals surface area contributed by atoms with E-state index in [1.165, 1.54) is 12.1 Å². The number of guanidine groups is 1. The van der Waals surface area contributed by atoms with Gasteiger partial charge in [-0.15, -0.1) is 13.2 Å². The molecule has 148 valence electrons. The van der Waals surface area contributed by atoms with Crippen LogP contribution in [0, 0.1) is 0 Å². The number of aliphatic imine (C=N–C) groups is 1. The highest BCUT2D eigenvalue weighted by Crippen LogP contribution is 2.39. The van der Waals surface area contributed by atoms with Crippen molar-refractivity contribution in [2.75, 3.05) is 33.2 Å². The molecule has 0 radical (unpaired) electrons. The number of hydrazone groups is 1. The zero-order valence-corrected chi connectivity index (χ0v) is 15.9. The molecule has 2 aliphatic heterocycles. The van der Waals surface area contributed by atoms with E-state index in [2.05, 4.69) is 26.7 Å². The van der Waals surface area contributed by atoms with Gasteiger partial charge in [0.2, 0.25) is 5.96 Å². The summed E-state index contributed by atoms with van der Waals surface area (Å²) in [7, 11) is 2.08. The Morgan fingerprint density at radius 1 is 1.19 bits per heavy atom. The molecule has 0 spiro atoms. The summed E-state index contributed by atoms with van der Waals surface area (Å²) in [5, 5.41) is 6.39. The van der Waals surface area contributed by atoms with E-state index in [0.29, 0.717) is 11.3 Å². The van der Waals surface area contributed by atoms with E-state index >= 15 is 0 Å². The Morgan fingerprint density at radius 2 is 1.85 bits per heavy atom. The van der Waals surface area contributed by atoms with Gasteiger partial charge in [-0.25, -0.2) is 10.0 Å². The first-order valence-corrected chi connectivity index (χ1v) is 8.87. The Hall–Kier alpha value is -2.29. The van der Waals surface area contributed by atoms with Gasteiger partial charge in [0.1, 0.15) is 5.75 Å². The van der Waals surface area contributed by atoms with Crippen molar-refractivity contribution in [3.05, 3.63) is 23.8 Å². The van der Waals surface area contributed by atoms with E-state index in [1.807, 2.05) is 20.8 Å². The predicted molar refractivity (Wildman–Crippen MR) is 98.3 cm³/mol. The molecule has 0 saturated carbocycles. The molecule has 0 aliphatic carbocycles. The van der Waals surface area contributed by atoms with Crippen LogP contribution in [0.5, 0.6) is 5.75 Å². The summed E-state index contributed by atoms with van der Waals surface area (Å²) in [6.07, 6.45) is -4.72. The van der Waals surface area contributed by atoms with Crippen LogP contribution in [0.1, 0.15) is 32.4 Å². The van der Waals surface area contributed by atoms with Crippen LogP contribution in [0.3, 0.4) is 0 Å². The fraction of sp³-hybridized carbons (Fsp3) is 0.556. The highest BCUT2D eigenvalue weighted by Gasteiger charge is 2.34. The number of halogens is 3. The van der Waals surface area contributed by atoms with Crippen LogP contribution in [-0.2, 0) is 0 Å². The minimum absolute atomic E-state index is 0.247. The number of nitrogens with zero attached hydrogens (tertiary/aromatic N) is 5. The van der Waals surface area contributed by atoms with Crippen LogP contribution in [0.25, 0.3) is 0 Å². The third kappa shape index (κ3) is 4.52. The molecule has 1 aromatic rings. The smallest absolute Gasteiger partial charge is 0.406 e. The Labute approximate surface area is 156 Å². The van der Waals surface area contributed by atoms with E-state index in [9.17, 15) is 13.2 Å². The maximum Gasteiger partial charge on any atom is 0.573 e. The second-order valence-corrected chi connectivity index (χ2v) is 7.04. The molecule has 2 aliphatic rings. The SMILES string of the molecule is CC(C)=NN1C(N2CCN(C)CC2)=Nc2ccc(OC(F)(F)F)cc2C1C. The van der Waals surface area contributed by atoms with Gasteiger partial charge in [-0.05, 0) is 46.0 Å². The number of fused-ring (bicyclic) bond motifs is 1. The molecular weight excluding hydrogens is 359 g/mol. The molecule has 9 heteroatoms. The van der Waals surface area contributed by atoms with Crippen molar-refractivity contribution < 1.29 is 17.9 Å². The Bertz CT molecular complexity index is 750. The summed E-state index contributed by atoms with van der Waals surface area (Å²) < 4.78 is 41.8. The average molecular weight is 383 g/mol. The molecule has 1 saturated heterocycles. The predicted octanol–water partition coefficient (Wildman–Crippen LogP) is 3.59. The molecule has 2 heterocycles. The lowest BCUT2D eigenvalue weighted by atomic mass is 10.0. The normalized spacial score (nSPS) is 20.9. The van der Waals surface area contributed by atoms with E-state index in [0.717, 1.165) is 37.9 Å². The summed E-state index contributed by atoms with van der Waals surface area (Å²) in [6.45, 7) is 9.15. The molecule has 3 rings (SSSR count). The van der Waals surface area contributed by atoms with Gasteiger partial charge < -0.3 is 14.5 Å². The standard InChI is InChI=1S/C18H24F3N5O/c1-12(2)23-26-13(3)15-11-14(27-18(19,20)21)5-6-16(15)22-17(26)25-9-7-24(4)8-10-25/h5-6,11,13H,7-10H2,1-4H3. The molecule has 27 heavy (non-hydrogen) atoms. The monoisotopic (exact) mass is 383 g/mol. The van der Waals surface area contributed by atoms with Crippen LogP contribution < -0.4 is 4.74 Å². The van der Waals surface area contributed by atoms with Crippen molar-refractivity contribution >= 4 is 17.4 Å². The molecule has 0 aromatic heterocycles. The van der Waals surface area contributed by atoms with Gasteiger partial charge in [-0.1, -0.05) is 0 Å². The van der Waals surface area contributed by atoms with Crippen molar-refractivity contribution in [1.82, 2.24) is 14.8 Å². The molecule has 1 aromatic carbocycles. The van der Waals surface area contributed by atoms with E-state index in [1.54, 1.807) is 11.1 Å². The number of hydrogen-bond donors (Lipinski definition) is 0. The number of rotatable bonds is 2. The third-order valence-corrected chi connectivity index (χ3v) is 4.57. The lowest BCUT2D eigenvalue weighted by molar-refractivity contribution is -0.274. The second-order valence-electron chi connectivity index (χ2n) is 7.04. The number of piperazine rings is 1. The number of ether oxygens (including phenoxy) is 1. The van der Waals surface area contributed by atoms with Crippen LogP contribution in [0.4, 0.5) is 18.9 Å². The van der Waals surface area contributed by atoms with Gasteiger partial charge in [0.15, 0.2) is 0 Å². The van der Waals surface area contributed by atoms with Crippen LogP contribution in [0.15, 0.2) is 28.3 Å². The number of hydrogen-bond acceptors (Lipinski definition) is 6. The maximum absolute atomic E-state index is 12.6. The van der Waals surface area contributed by atoms with Gasteiger partial charge in [0, 0.05) is 37.5 Å². The molecule has 0 amide bonds. The quantitative estimate of drug-likeness (QED) is 0.732. The maximum atomic E-state index is 12.6. The highest BCUT2D eigenvalue weighted by atomic mass is 19.4. The summed E-state index contributed by atoms with van der Waals surface area (Å²) in [5.74, 6) is 0.484. The van der Waals surface area contributed by atoms with Crippen molar-refractivity contribution in [2.24, 2.45) is 10.1 Å². The Morgan fingerprint density at radius 3 is 2.44 bits per heavy atom. The first kappa shape index (κ1) is 19.5. The molecule has 1 atom stereocenters. The summed E-state index contributed by atoms with van der Waals surface area (Å²) in [5.41, 5.74) is 2.14. The van der Waals surface area contributed by atoms with E-state index in [4.69, 9.17) is 4.99 Å². The van der Waals surface area contributed by atoms with Crippen molar-refractivity contribution in [3.63, 3.8) is 0 Å². The lowest BCUT2D eigenvalue weighted by Crippen LogP contribution is -2.52. The molecule has 6 nitrogen and oxygen atoms in total. The first-order valence-electron chi connectivity index (χ1n) is 8.87. The van der Waals surface area contributed by atoms with Crippen molar-refractivity contribution in [3.8, 4) is 5.75 Å². The molecule has 0 bridgehead atoms. The molecular formula is C18H24F3N5O. The highest BCUT2D eigenvalue weighted by molar-refractivity contribution is 5.88. The zero-order valence-electron chi connectivity index (χ0n) is 15.9. The summed E-state index contributed by atoms with van der Waals surface area (Å²) in [4.78, 5) is 9.14. The average Bonchev–Trinajstić information content (AvgIpc) is 2.57. The minimum Gasteiger partial charge on any atom is -0.406 e. The first-order chi connectivity index (χ1) is 12.6. The number of benzene rings is 1. The molecule has 1 unspecified atom stereocenters. The Balaban J connectivity index is 1.99. The lowest BCUT2D eigenvalue weighted by Gasteiger charge is -2.41. The number of likely N-dealkylation sites (N-methyl/N-ethyl adjacent to an activating group) is 1. The minimum atomic E-state index is -4.72. The fourth-order valence-electron chi connectivity index (χ4n) is 3.20. The number of alkyl halides is 3. The fourth-order valence-corrected chi connectivity index (χ4v) is 3.20. The van der Waals surface area contributed by atoms with Crippen molar-refractivity contribution in [2.45, 2.75) is 33.2 Å². The zero-order chi connectivity index (χ0) is 19.8. The van der Waals surface area contributed by atoms with Gasteiger partial charge in [0.05, 0.1) is 11.7 Å². The molecule has 1 fully saturated rings. The van der Waals surface area contributed by atoms with Crippen LogP contribution >= 0.6 is 0 Å². The van der Waals surface area contributed by atoms with Gasteiger partial charge >= 0.3 is 6.36 Å². The van der Waals surface area contributed by atoms with Crippen LogP contribution in [-0.4, -0.2) is 66.1 Å². The van der Waals surface area contributed by atoms with Gasteiger partial charge in [-0.3, -0.25) is 0 Å². The van der Waals surface area contributed by atoms with Gasteiger partial charge in [0.25, 0.3) is 0 Å². The summed E-state index contributed by atoms with van der Waals surface area (Å²) >= 11 is 0. The van der Waals surface area contributed by atoms with E-state index < -0.39 is 6.36 Å². The van der Waals surface area contributed by atoms with Crippen LogP contribution in [0.2, 0.25) is 0 Å². The largest absolute Gasteiger partial charge is 0.573 e. The Kier molecular flexibility index (Phi) is 5.32. The topological polar surface area (TPSA) is 43.7 Å². The van der Waals surface area contributed by atoms with E-state index in [-0.39, 0.29) is 11.8 Å². The third-order valence-electron chi connectivity index (χ3n) is 4.57. The summed E-state index contributed by atoms with van der Waals surface area (Å²) in [6, 6.07) is 4.00. The van der Waals surface area contributed by atoms with Crippen molar-refractivity contribution in [1.29, 1.82) is 0 Å².